The Kier molecular flexibility index (Phi) is 13.4. The lowest BCUT2D eigenvalue weighted by atomic mass is 9.80. The summed E-state index contributed by atoms with van der Waals surface area (Å²) in [7, 11) is 1.70. The van der Waals surface area contributed by atoms with Crippen LogP contribution in [0.3, 0.4) is 0 Å². The number of para-hydroxylation sites is 1. The zero-order valence-electron chi connectivity index (χ0n) is 32.3. The van der Waals surface area contributed by atoms with E-state index in [1.54, 1.807) is 14.2 Å². The number of methoxy groups -OCH3 is 2. The van der Waals surface area contributed by atoms with Crippen LogP contribution >= 0.6 is 8.53 Å². The molecular weight excluding hydrogens is 713 g/mol. The lowest BCUT2D eigenvalue weighted by molar-refractivity contribution is -0.0910. The van der Waals surface area contributed by atoms with Crippen molar-refractivity contribution in [2.45, 2.75) is 76.7 Å². The van der Waals surface area contributed by atoms with Gasteiger partial charge in [-0.05, 0) is 74.7 Å². The van der Waals surface area contributed by atoms with E-state index in [0.717, 1.165) is 45.4 Å². The monoisotopic (exact) mass is 763 g/mol. The Morgan fingerprint density at radius 3 is 2.02 bits per heavy atom. The highest BCUT2D eigenvalue weighted by Gasteiger charge is 2.45. The third kappa shape index (κ3) is 8.63. The average Bonchev–Trinajstić information content (AvgIpc) is 3.79. The molecule has 0 bridgehead atoms. The minimum Gasteiger partial charge on any atom is -0.497 e. The molecule has 1 aliphatic heterocycles. The highest BCUT2D eigenvalue weighted by molar-refractivity contribution is 7.44. The second kappa shape index (κ2) is 18.4. The molecule has 4 atom stereocenters. The van der Waals surface area contributed by atoms with Crippen molar-refractivity contribution in [1.82, 2.24) is 9.24 Å². The molecule has 0 spiro atoms. The fourth-order valence-corrected chi connectivity index (χ4v) is 9.15. The molecule has 2 heterocycles. The van der Waals surface area contributed by atoms with Crippen LogP contribution in [0, 0.1) is 11.3 Å². The molecule has 10 nitrogen and oxygen atoms in total. The molecule has 0 N–H and O–H groups in total. The zero-order valence-corrected chi connectivity index (χ0v) is 33.2. The van der Waals surface area contributed by atoms with Gasteiger partial charge in [-0.2, -0.15) is 5.26 Å². The number of aldehydes is 1. The number of fused-ring (bicyclic) bond motifs is 1. The third-order valence-electron chi connectivity index (χ3n) is 9.91. The molecule has 1 saturated heterocycles. The summed E-state index contributed by atoms with van der Waals surface area (Å²) in [6.07, 6.45) is 1.95. The van der Waals surface area contributed by atoms with E-state index in [2.05, 4.69) is 50.6 Å². The van der Waals surface area contributed by atoms with Gasteiger partial charge in [-0.25, -0.2) is 4.67 Å². The van der Waals surface area contributed by atoms with E-state index in [9.17, 15) is 10.1 Å². The highest BCUT2D eigenvalue weighted by Crippen LogP contribution is 2.51. The first kappa shape index (κ1) is 40.1. The van der Waals surface area contributed by atoms with Crippen molar-refractivity contribution in [3.63, 3.8) is 0 Å². The van der Waals surface area contributed by atoms with Crippen LogP contribution in [0.2, 0.25) is 0 Å². The van der Waals surface area contributed by atoms with Crippen molar-refractivity contribution in [3.05, 3.63) is 132 Å². The number of nitrogens with zero attached hydrogens (tertiary/aromatic N) is 3. The van der Waals surface area contributed by atoms with Crippen LogP contribution in [0.5, 0.6) is 11.5 Å². The van der Waals surface area contributed by atoms with Crippen LogP contribution in [0.4, 0.5) is 0 Å². The molecule has 6 rings (SSSR count). The van der Waals surface area contributed by atoms with Crippen LogP contribution in [0.1, 0.15) is 73.8 Å². The Morgan fingerprint density at radius 2 is 1.45 bits per heavy atom. The van der Waals surface area contributed by atoms with E-state index in [1.807, 2.05) is 102 Å². The van der Waals surface area contributed by atoms with Crippen molar-refractivity contribution in [1.29, 1.82) is 5.26 Å². The maximum atomic E-state index is 12.2. The minimum absolute atomic E-state index is 0.112. The maximum Gasteiger partial charge on any atom is 0.259 e. The van der Waals surface area contributed by atoms with E-state index >= 15 is 0 Å². The number of nitriles is 1. The number of carbonyl (C=O) groups is 1. The summed E-state index contributed by atoms with van der Waals surface area (Å²) < 4.78 is 43.1. The number of ether oxygens (including phenoxy) is 4. The Bertz CT molecular complexity index is 1970. The molecule has 0 aliphatic carbocycles. The molecular formula is C44H50N3O7P. The summed E-state index contributed by atoms with van der Waals surface area (Å²) in [4.78, 5) is 12.2. The topological polar surface area (TPSA) is 104 Å². The van der Waals surface area contributed by atoms with E-state index in [-0.39, 0.29) is 31.7 Å². The first-order valence-corrected chi connectivity index (χ1v) is 19.8. The molecule has 0 amide bonds. The minimum atomic E-state index is -1.60. The van der Waals surface area contributed by atoms with Crippen molar-refractivity contribution >= 4 is 25.7 Å². The van der Waals surface area contributed by atoms with Crippen LogP contribution in [0.25, 0.3) is 10.9 Å². The van der Waals surface area contributed by atoms with Gasteiger partial charge in [0.1, 0.15) is 29.4 Å². The summed E-state index contributed by atoms with van der Waals surface area (Å²) in [5.41, 5.74) is 3.13. The van der Waals surface area contributed by atoms with Gasteiger partial charge in [0, 0.05) is 35.7 Å². The molecule has 0 radical (unpaired) electrons. The Labute approximate surface area is 325 Å². The largest absolute Gasteiger partial charge is 0.497 e. The van der Waals surface area contributed by atoms with Crippen molar-refractivity contribution in [2.24, 2.45) is 0 Å². The normalized spacial score (nSPS) is 17.9. The van der Waals surface area contributed by atoms with Gasteiger partial charge >= 0.3 is 0 Å². The van der Waals surface area contributed by atoms with Crippen molar-refractivity contribution < 1.29 is 32.8 Å². The van der Waals surface area contributed by atoms with Gasteiger partial charge in [0.2, 0.25) is 0 Å². The molecule has 0 saturated carbocycles. The predicted molar refractivity (Wildman–Crippen MR) is 214 cm³/mol. The molecule has 11 heteroatoms. The molecule has 55 heavy (non-hydrogen) atoms. The first-order valence-electron chi connectivity index (χ1n) is 18.7. The second-order valence-corrected chi connectivity index (χ2v) is 15.4. The van der Waals surface area contributed by atoms with Gasteiger partial charge in [0.05, 0.1) is 51.5 Å². The molecule has 1 aromatic heterocycles. The van der Waals surface area contributed by atoms with Crippen molar-refractivity contribution in [3.8, 4) is 17.6 Å². The van der Waals surface area contributed by atoms with Gasteiger partial charge in [0.15, 0.2) is 6.29 Å². The fourth-order valence-electron chi connectivity index (χ4n) is 7.39. The zero-order chi connectivity index (χ0) is 39.0. The fraction of sp³-hybridized carbons (Fsp3) is 0.364. The number of rotatable bonds is 18. The summed E-state index contributed by atoms with van der Waals surface area (Å²) in [5, 5.41) is 10.2. The van der Waals surface area contributed by atoms with Gasteiger partial charge in [0.25, 0.3) is 8.53 Å². The molecule has 1 aliphatic rings. The third-order valence-corrected chi connectivity index (χ3v) is 12.1. The smallest absolute Gasteiger partial charge is 0.259 e. The molecule has 288 valence electrons. The van der Waals surface area contributed by atoms with Crippen LogP contribution in [0.15, 0.2) is 109 Å². The number of benzene rings is 4. The lowest BCUT2D eigenvalue weighted by Crippen LogP contribution is -2.39. The molecule has 4 aromatic carbocycles. The number of aromatic nitrogens is 1. The Morgan fingerprint density at radius 1 is 0.873 bits per heavy atom. The number of hydrogen-bond acceptors (Lipinski definition) is 9. The van der Waals surface area contributed by atoms with Crippen LogP contribution in [-0.2, 0) is 24.1 Å². The molecule has 1 fully saturated rings. The van der Waals surface area contributed by atoms with Gasteiger partial charge in [-0.1, -0.05) is 72.8 Å². The number of carbonyl (C=O) groups excluding carboxylic acids is 1. The van der Waals surface area contributed by atoms with Gasteiger partial charge in [-0.3, -0.25) is 4.79 Å². The Hall–Kier alpha value is -4.59. The highest BCUT2D eigenvalue weighted by atomic mass is 31.2. The van der Waals surface area contributed by atoms with E-state index in [0.29, 0.717) is 12.0 Å². The SMILES string of the molecule is COc1ccc(C(OC[C@H]2O[C@@H](n3cc(C=O)c4ccccc43)CC2OP(OCCC#N)N(C(C)C)C(C)C)(c2ccccc2)c2ccc(OC)cc2)cc1. The summed E-state index contributed by atoms with van der Waals surface area (Å²) in [6.45, 7) is 8.85. The molecule has 5 aromatic rings. The van der Waals surface area contributed by atoms with Crippen molar-refractivity contribution in [2.75, 3.05) is 27.4 Å². The maximum absolute atomic E-state index is 12.2. The molecule has 2 unspecified atom stereocenters. The second-order valence-electron chi connectivity index (χ2n) is 14.0. The van der Waals surface area contributed by atoms with E-state index in [4.69, 9.17) is 28.0 Å². The first-order chi connectivity index (χ1) is 26.7. The number of hydrogen-bond donors (Lipinski definition) is 0. The van der Waals surface area contributed by atoms with Gasteiger partial charge in [-0.15, -0.1) is 0 Å². The van der Waals surface area contributed by atoms with Crippen LogP contribution in [-0.4, -0.2) is 67.2 Å². The van der Waals surface area contributed by atoms with Crippen LogP contribution < -0.4 is 9.47 Å². The van der Waals surface area contributed by atoms with E-state index < -0.39 is 32.6 Å². The Balaban J connectivity index is 1.44. The summed E-state index contributed by atoms with van der Waals surface area (Å²) in [6, 6.07) is 36.3. The van der Waals surface area contributed by atoms with E-state index in [1.165, 1.54) is 0 Å². The summed E-state index contributed by atoms with van der Waals surface area (Å²) >= 11 is 0. The summed E-state index contributed by atoms with van der Waals surface area (Å²) in [5.74, 6) is 1.46. The lowest BCUT2D eigenvalue weighted by Gasteiger charge is -2.39. The average molecular weight is 764 g/mol. The predicted octanol–water partition coefficient (Wildman–Crippen LogP) is 9.43. The van der Waals surface area contributed by atoms with Gasteiger partial charge < -0.3 is 32.6 Å². The standard InChI is InChI=1S/C44H50N3O7P/c1-31(2)47(32(3)4)55(52-26-12-25-45)54-41-27-43(46-28-33(29-48)39-15-10-11-16-40(39)46)53-42(41)30-51-44(34-13-8-7-9-14-34,35-17-21-37(49-5)22-18-35)36-19-23-38(50-6)24-20-36/h7-11,13-24,28-29,31-32,41-43H,12,26-27,30H2,1-6H3/t41?,42-,43-,55?/m1/s1. The quantitative estimate of drug-likeness (QED) is 0.0374.